The topological polar surface area (TPSA) is 30.7 Å². The largest absolute Gasteiger partial charge is 0.240 e. The van der Waals surface area contributed by atoms with Crippen LogP contribution in [-0.4, -0.2) is 15.0 Å². The van der Waals surface area contributed by atoms with Crippen molar-refractivity contribution in [2.24, 2.45) is 0 Å². The summed E-state index contributed by atoms with van der Waals surface area (Å²) >= 11 is 0. The molecule has 3 nitrogen and oxygen atoms in total. The molecule has 94 valence electrons. The molecule has 0 spiro atoms. The van der Waals surface area contributed by atoms with Gasteiger partial charge in [0.2, 0.25) is 0 Å². The van der Waals surface area contributed by atoms with Crippen LogP contribution in [0.15, 0.2) is 60.8 Å². The van der Waals surface area contributed by atoms with E-state index in [1.165, 1.54) is 11.1 Å². The Labute approximate surface area is 112 Å². The van der Waals surface area contributed by atoms with Crippen molar-refractivity contribution in [3.63, 3.8) is 0 Å². The van der Waals surface area contributed by atoms with Crippen LogP contribution in [-0.2, 0) is 6.54 Å². The van der Waals surface area contributed by atoms with E-state index in [0.717, 1.165) is 17.8 Å². The molecule has 0 aliphatic heterocycles. The fourth-order valence-corrected chi connectivity index (χ4v) is 2.19. The van der Waals surface area contributed by atoms with Crippen LogP contribution in [0.5, 0.6) is 0 Å². The summed E-state index contributed by atoms with van der Waals surface area (Å²) in [6.07, 6.45) is 1.81. The highest BCUT2D eigenvalue weighted by Gasteiger charge is 2.06. The average molecular weight is 249 g/mol. The van der Waals surface area contributed by atoms with Crippen LogP contribution >= 0.6 is 0 Å². The molecule has 0 N–H and O–H groups in total. The van der Waals surface area contributed by atoms with E-state index in [1.54, 1.807) is 0 Å². The number of aromatic nitrogens is 3. The van der Waals surface area contributed by atoms with Crippen molar-refractivity contribution in [3.8, 4) is 11.3 Å². The van der Waals surface area contributed by atoms with Crippen molar-refractivity contribution in [2.75, 3.05) is 0 Å². The molecule has 0 atom stereocenters. The number of nitrogens with zero attached hydrogens (tertiary/aromatic N) is 3. The predicted molar refractivity (Wildman–Crippen MR) is 75.7 cm³/mol. The van der Waals surface area contributed by atoms with Crippen LogP contribution in [0.3, 0.4) is 0 Å². The van der Waals surface area contributed by atoms with E-state index in [-0.39, 0.29) is 0 Å². The molecule has 3 heteroatoms. The molecule has 19 heavy (non-hydrogen) atoms. The summed E-state index contributed by atoms with van der Waals surface area (Å²) in [6.45, 7) is 2.84. The van der Waals surface area contributed by atoms with Crippen LogP contribution in [0.25, 0.3) is 11.3 Å². The Morgan fingerprint density at radius 2 is 1.84 bits per heavy atom. The summed E-state index contributed by atoms with van der Waals surface area (Å²) in [7, 11) is 0. The SMILES string of the molecule is Cc1cccc(Cn2nncc2-c2ccccc2)c1. The second-order valence-electron chi connectivity index (χ2n) is 4.63. The van der Waals surface area contributed by atoms with E-state index in [9.17, 15) is 0 Å². The van der Waals surface area contributed by atoms with Gasteiger partial charge in [-0.05, 0) is 12.5 Å². The monoisotopic (exact) mass is 249 g/mol. The Hall–Kier alpha value is -2.42. The van der Waals surface area contributed by atoms with Crippen molar-refractivity contribution in [2.45, 2.75) is 13.5 Å². The minimum atomic E-state index is 0.742. The third-order valence-corrected chi connectivity index (χ3v) is 3.10. The van der Waals surface area contributed by atoms with E-state index >= 15 is 0 Å². The van der Waals surface area contributed by atoms with Gasteiger partial charge in [0.25, 0.3) is 0 Å². The fraction of sp³-hybridized carbons (Fsp3) is 0.125. The molecule has 3 aromatic rings. The third kappa shape index (κ3) is 2.55. The lowest BCUT2D eigenvalue weighted by molar-refractivity contribution is 0.655. The first-order chi connectivity index (χ1) is 9.33. The average Bonchev–Trinajstić information content (AvgIpc) is 2.88. The van der Waals surface area contributed by atoms with Gasteiger partial charge in [-0.2, -0.15) is 0 Å². The zero-order chi connectivity index (χ0) is 13.1. The Kier molecular flexibility index (Phi) is 3.11. The zero-order valence-electron chi connectivity index (χ0n) is 10.8. The maximum absolute atomic E-state index is 4.18. The summed E-state index contributed by atoms with van der Waals surface area (Å²) in [5.74, 6) is 0. The number of aryl methyl sites for hydroxylation is 1. The molecule has 0 saturated carbocycles. The smallest absolute Gasteiger partial charge is 0.0889 e. The molecule has 0 aliphatic carbocycles. The number of hydrogen-bond acceptors (Lipinski definition) is 2. The Morgan fingerprint density at radius 1 is 1.00 bits per heavy atom. The van der Waals surface area contributed by atoms with E-state index in [4.69, 9.17) is 0 Å². The second kappa shape index (κ2) is 5.06. The van der Waals surface area contributed by atoms with E-state index in [1.807, 2.05) is 29.1 Å². The molecule has 3 rings (SSSR count). The third-order valence-electron chi connectivity index (χ3n) is 3.10. The maximum atomic E-state index is 4.18. The minimum absolute atomic E-state index is 0.742. The molecule has 0 radical (unpaired) electrons. The van der Waals surface area contributed by atoms with Gasteiger partial charge < -0.3 is 0 Å². The highest BCUT2D eigenvalue weighted by atomic mass is 15.4. The molecular formula is C16H15N3. The Balaban J connectivity index is 1.93. The van der Waals surface area contributed by atoms with Gasteiger partial charge in [0.05, 0.1) is 18.4 Å². The molecule has 0 aliphatic rings. The Bertz CT molecular complexity index is 671. The van der Waals surface area contributed by atoms with Gasteiger partial charge in [-0.25, -0.2) is 4.68 Å². The van der Waals surface area contributed by atoms with E-state index < -0.39 is 0 Å². The predicted octanol–water partition coefficient (Wildman–Crippen LogP) is 3.30. The quantitative estimate of drug-likeness (QED) is 0.713. The number of benzene rings is 2. The lowest BCUT2D eigenvalue weighted by Crippen LogP contribution is -2.04. The van der Waals surface area contributed by atoms with Crippen molar-refractivity contribution in [1.82, 2.24) is 15.0 Å². The molecule has 0 unspecified atom stereocenters. The standard InChI is InChI=1S/C16H15N3/c1-13-6-5-7-14(10-13)12-19-16(11-17-18-19)15-8-3-2-4-9-15/h2-11H,12H2,1H3. The first-order valence-corrected chi connectivity index (χ1v) is 6.32. The van der Waals surface area contributed by atoms with Crippen LogP contribution in [0.2, 0.25) is 0 Å². The van der Waals surface area contributed by atoms with Crippen molar-refractivity contribution in [1.29, 1.82) is 0 Å². The van der Waals surface area contributed by atoms with Gasteiger partial charge in [0, 0.05) is 5.56 Å². The molecule has 0 bridgehead atoms. The normalized spacial score (nSPS) is 10.6. The van der Waals surface area contributed by atoms with Gasteiger partial charge in [-0.3, -0.25) is 0 Å². The highest BCUT2D eigenvalue weighted by Crippen LogP contribution is 2.18. The fourth-order valence-electron chi connectivity index (χ4n) is 2.19. The zero-order valence-corrected chi connectivity index (χ0v) is 10.8. The molecule has 2 aromatic carbocycles. The Morgan fingerprint density at radius 3 is 2.63 bits per heavy atom. The van der Waals surface area contributed by atoms with Crippen LogP contribution in [0.1, 0.15) is 11.1 Å². The minimum Gasteiger partial charge on any atom is -0.240 e. The molecular weight excluding hydrogens is 234 g/mol. The molecule has 0 saturated heterocycles. The van der Waals surface area contributed by atoms with Crippen LogP contribution in [0, 0.1) is 6.92 Å². The highest BCUT2D eigenvalue weighted by molar-refractivity contribution is 5.58. The summed E-state index contributed by atoms with van der Waals surface area (Å²) in [5, 5.41) is 8.21. The van der Waals surface area contributed by atoms with Gasteiger partial charge >= 0.3 is 0 Å². The van der Waals surface area contributed by atoms with Gasteiger partial charge in [-0.15, -0.1) is 5.10 Å². The molecule has 1 heterocycles. The van der Waals surface area contributed by atoms with Crippen LogP contribution < -0.4 is 0 Å². The number of hydrogen-bond donors (Lipinski definition) is 0. The van der Waals surface area contributed by atoms with Gasteiger partial charge in [-0.1, -0.05) is 65.4 Å². The van der Waals surface area contributed by atoms with Crippen molar-refractivity contribution < 1.29 is 0 Å². The first-order valence-electron chi connectivity index (χ1n) is 6.32. The summed E-state index contributed by atoms with van der Waals surface area (Å²) in [4.78, 5) is 0. The lowest BCUT2D eigenvalue weighted by atomic mass is 10.1. The lowest BCUT2D eigenvalue weighted by Gasteiger charge is -2.07. The van der Waals surface area contributed by atoms with Crippen LogP contribution in [0.4, 0.5) is 0 Å². The number of rotatable bonds is 3. The molecule has 0 fully saturated rings. The second-order valence-corrected chi connectivity index (χ2v) is 4.63. The molecule has 1 aromatic heterocycles. The summed E-state index contributed by atoms with van der Waals surface area (Å²) in [6, 6.07) is 18.7. The maximum Gasteiger partial charge on any atom is 0.0889 e. The van der Waals surface area contributed by atoms with E-state index in [2.05, 4.69) is 53.6 Å². The van der Waals surface area contributed by atoms with Crippen molar-refractivity contribution >= 4 is 0 Å². The van der Waals surface area contributed by atoms with Crippen molar-refractivity contribution in [3.05, 3.63) is 71.9 Å². The van der Waals surface area contributed by atoms with Gasteiger partial charge in [0.1, 0.15) is 0 Å². The summed E-state index contributed by atoms with van der Waals surface area (Å²) < 4.78 is 1.93. The van der Waals surface area contributed by atoms with E-state index in [0.29, 0.717) is 0 Å². The molecule has 0 amide bonds. The summed E-state index contributed by atoms with van der Waals surface area (Å²) in [5.41, 5.74) is 4.68. The first kappa shape index (κ1) is 11.7. The van der Waals surface area contributed by atoms with Gasteiger partial charge in [0.15, 0.2) is 0 Å².